The Morgan fingerprint density at radius 3 is 1.88 bits per heavy atom. The fourth-order valence-corrected chi connectivity index (χ4v) is 5.62. The molecule has 14 heteroatoms. The molecular weight excluding hydrogens is 658 g/mol. The third-order valence-corrected chi connectivity index (χ3v) is 8.28. The highest BCUT2D eigenvalue weighted by Crippen LogP contribution is 2.46. The van der Waals surface area contributed by atoms with E-state index in [0.717, 1.165) is 35.1 Å². The van der Waals surface area contributed by atoms with E-state index < -0.39 is 12.0 Å². The smallest absolute Gasteiger partial charge is 0.404 e. The van der Waals surface area contributed by atoms with Gasteiger partial charge in [-0.1, -0.05) is 25.5 Å². The summed E-state index contributed by atoms with van der Waals surface area (Å²) in [6.45, 7) is 6.13. The van der Waals surface area contributed by atoms with E-state index in [1.807, 2.05) is 31.2 Å². The van der Waals surface area contributed by atoms with Gasteiger partial charge in [-0.25, -0.2) is 4.79 Å². The van der Waals surface area contributed by atoms with Crippen molar-refractivity contribution in [3.63, 3.8) is 0 Å². The number of nitrogens with two attached hydrogens (primary N) is 1. The van der Waals surface area contributed by atoms with Crippen LogP contribution in [0, 0.1) is 0 Å². The monoisotopic (exact) mass is 712 g/mol. The number of hydrogen-bond acceptors (Lipinski definition) is 9. The van der Waals surface area contributed by atoms with Gasteiger partial charge in [-0.15, -0.1) is 0 Å². The molecule has 0 fully saturated rings. The Morgan fingerprint density at radius 1 is 0.804 bits per heavy atom. The number of ether oxygens (including phenoxy) is 3. The summed E-state index contributed by atoms with van der Waals surface area (Å²) >= 11 is 0. The van der Waals surface area contributed by atoms with Crippen LogP contribution in [0.3, 0.4) is 0 Å². The van der Waals surface area contributed by atoms with Crippen LogP contribution in [0.1, 0.15) is 88.7 Å². The van der Waals surface area contributed by atoms with Crippen LogP contribution in [0.25, 0.3) is 11.1 Å². The molecule has 7 N–H and O–H groups in total. The van der Waals surface area contributed by atoms with Crippen molar-refractivity contribution in [3.05, 3.63) is 47.5 Å². The molecule has 2 atom stereocenters. The van der Waals surface area contributed by atoms with Crippen LogP contribution in [0.2, 0.25) is 1.41 Å². The van der Waals surface area contributed by atoms with Gasteiger partial charge in [-0.05, 0) is 79.1 Å². The minimum Gasteiger partial charge on any atom is -0.449 e. The van der Waals surface area contributed by atoms with E-state index in [9.17, 15) is 24.0 Å². The van der Waals surface area contributed by atoms with Crippen LogP contribution in [-0.4, -0.2) is 87.1 Å². The zero-order valence-electron chi connectivity index (χ0n) is 30.6. The predicted octanol–water partition coefficient (Wildman–Crippen LogP) is 3.95. The van der Waals surface area contributed by atoms with Crippen molar-refractivity contribution in [2.45, 2.75) is 83.7 Å². The van der Waals surface area contributed by atoms with Gasteiger partial charge in [0.15, 0.2) is 1.41 Å². The van der Waals surface area contributed by atoms with Gasteiger partial charge in [0, 0.05) is 69.3 Å². The fraction of sp³-hybridized carbons (Fsp3) is 0.541. The molecule has 0 saturated carbocycles. The Hall–Kier alpha value is -4.53. The molecule has 3 rings (SSSR count). The average Bonchev–Trinajstić information content (AvgIpc) is 3.42. The molecule has 0 spiro atoms. The molecule has 5 amide bonds. The fourth-order valence-electron chi connectivity index (χ4n) is 5.62. The van der Waals surface area contributed by atoms with Crippen molar-refractivity contribution < 1.29 is 44.7 Å². The number of fused-ring (bicyclic) bond motifs is 3. The molecule has 0 radical (unpaired) electrons. The average molecular weight is 713 g/mol. The lowest BCUT2D eigenvalue weighted by atomic mass is 9.97. The number of unbranched alkanes of at least 4 members (excludes halogenated alkanes) is 1. The summed E-state index contributed by atoms with van der Waals surface area (Å²) in [7, 11) is 0. The van der Waals surface area contributed by atoms with Crippen molar-refractivity contribution in [2.75, 3.05) is 56.8 Å². The zero-order valence-corrected chi connectivity index (χ0v) is 29.6. The topological polar surface area (TPSA) is 207 Å². The Morgan fingerprint density at radius 2 is 1.35 bits per heavy atom. The molecule has 0 saturated heterocycles. The first-order valence-corrected chi connectivity index (χ1v) is 17.7. The van der Waals surface area contributed by atoms with E-state index in [2.05, 4.69) is 28.2 Å². The lowest BCUT2D eigenvalue weighted by Crippen LogP contribution is -2.28. The number of anilines is 2. The molecule has 0 heterocycles. The minimum atomic E-state index is -0.912. The Kier molecular flexibility index (Phi) is 17.2. The highest BCUT2D eigenvalue weighted by molar-refractivity contribution is 5.94. The maximum absolute atomic E-state index is 12.7. The maximum Gasteiger partial charge on any atom is 0.404 e. The van der Waals surface area contributed by atoms with Crippen molar-refractivity contribution in [3.8, 4) is 11.1 Å². The van der Waals surface area contributed by atoms with Crippen molar-refractivity contribution in [1.82, 2.24) is 10.6 Å². The lowest BCUT2D eigenvalue weighted by Gasteiger charge is -2.15. The number of rotatable bonds is 24. The molecule has 280 valence electrons. The number of aliphatic hydroxyl groups excluding tert-OH is 1. The van der Waals surface area contributed by atoms with E-state index in [1.54, 1.807) is 17.9 Å². The standard InChI is InChI=1S/C37H53N5O9/c1-3-4-19-49-20-16-39-33(44)7-5-9-35(46)41-26-11-13-28-29-14-12-27(23-31(29)32(30(28)22-26)24-51-37(38)48)42-36(47)10-6-8-34(45)40-17-21-50-25(2)15-18-43/h11-14,22-23,25,32,43H,3-10,15-21,24H2,1-2H3,(H2,38,48)(H,39,44)(H,40,45)(H,41,46)(H,42,47)/i/hD. The molecule has 2 unspecified atom stereocenters. The highest BCUT2D eigenvalue weighted by Gasteiger charge is 2.30. The summed E-state index contributed by atoms with van der Waals surface area (Å²) in [6.07, 6.45) is 2.97. The normalized spacial score (nSPS) is 13.6. The van der Waals surface area contributed by atoms with Crippen LogP contribution in [-0.2, 0) is 33.4 Å². The van der Waals surface area contributed by atoms with Crippen LogP contribution in [0.15, 0.2) is 36.4 Å². The molecule has 0 bridgehead atoms. The van der Waals surface area contributed by atoms with Gasteiger partial charge in [0.25, 0.3) is 0 Å². The quantitative estimate of drug-likeness (QED) is 0.0870. The van der Waals surface area contributed by atoms with Crippen LogP contribution >= 0.6 is 0 Å². The van der Waals surface area contributed by atoms with Gasteiger partial charge in [0.1, 0.15) is 6.61 Å². The molecule has 1 aliphatic carbocycles. The Balaban J connectivity index is 1.53. The number of primary amides is 1. The molecule has 51 heavy (non-hydrogen) atoms. The summed E-state index contributed by atoms with van der Waals surface area (Å²) in [5.74, 6) is -1.26. The Bertz CT molecular complexity index is 1490. The molecule has 14 nitrogen and oxygen atoms in total. The summed E-state index contributed by atoms with van der Waals surface area (Å²) in [4.78, 5) is 61.6. The minimum absolute atomic E-state index is 0.0406. The number of hydrogen-bond donors (Lipinski definition) is 6. The van der Waals surface area contributed by atoms with Crippen LogP contribution < -0.4 is 27.0 Å². The van der Waals surface area contributed by atoms with Gasteiger partial charge >= 0.3 is 6.09 Å². The second-order valence-electron chi connectivity index (χ2n) is 12.4. The molecule has 2 aromatic rings. The van der Waals surface area contributed by atoms with E-state index in [4.69, 9.17) is 20.7 Å². The van der Waals surface area contributed by atoms with E-state index in [-0.39, 0.29) is 68.6 Å². The summed E-state index contributed by atoms with van der Waals surface area (Å²) in [5.41, 5.74) is 6.13. The first-order chi connectivity index (χ1) is 25.1. The Labute approximate surface area is 301 Å². The van der Waals surface area contributed by atoms with Crippen LogP contribution in [0.5, 0.6) is 0 Å². The zero-order chi connectivity index (χ0) is 37.7. The van der Waals surface area contributed by atoms with E-state index in [1.165, 1.54) is 0 Å². The molecule has 0 aliphatic heterocycles. The number of benzene rings is 2. The van der Waals surface area contributed by atoms with E-state index in [0.29, 0.717) is 63.5 Å². The SMILES string of the molecule is [2H]NC(=O)OCC1c2cc(NC(=O)CCCC(=O)NCCOCCCC)ccc2-c2ccc(NC(=O)CCCC(=O)NCCOC(C)CCO)cc21. The van der Waals surface area contributed by atoms with Gasteiger partial charge in [0.05, 0.1) is 19.3 Å². The molecule has 1 aliphatic rings. The lowest BCUT2D eigenvalue weighted by molar-refractivity contribution is -0.123. The number of carbonyl (C=O) groups is 5. The van der Waals surface area contributed by atoms with Gasteiger partial charge in [-0.3, -0.25) is 19.2 Å². The number of carbonyl (C=O) groups excluding carboxylic acids is 5. The number of aliphatic hydroxyl groups is 1. The molecular formula is C37H53N5O9. The van der Waals surface area contributed by atoms with Crippen molar-refractivity contribution in [1.29, 1.82) is 0 Å². The molecule has 2 aromatic carbocycles. The van der Waals surface area contributed by atoms with E-state index >= 15 is 0 Å². The third-order valence-electron chi connectivity index (χ3n) is 8.28. The number of amides is 5. The third kappa shape index (κ3) is 14.7. The van der Waals surface area contributed by atoms with Gasteiger partial charge in [0.2, 0.25) is 23.6 Å². The van der Waals surface area contributed by atoms with Crippen molar-refractivity contribution in [2.24, 2.45) is 5.73 Å². The van der Waals surface area contributed by atoms with Gasteiger partial charge in [-0.2, -0.15) is 0 Å². The molecule has 0 aromatic heterocycles. The second kappa shape index (κ2) is 22.3. The number of nitrogens with one attached hydrogen (secondary N) is 4. The second-order valence-corrected chi connectivity index (χ2v) is 12.4. The maximum atomic E-state index is 12.7. The summed E-state index contributed by atoms with van der Waals surface area (Å²) in [5, 5.41) is 20.2. The summed E-state index contributed by atoms with van der Waals surface area (Å²) in [6, 6.07) is 10.9. The predicted molar refractivity (Wildman–Crippen MR) is 193 cm³/mol. The van der Waals surface area contributed by atoms with Crippen LogP contribution in [0.4, 0.5) is 16.2 Å². The van der Waals surface area contributed by atoms with Gasteiger partial charge < -0.3 is 46.3 Å². The first-order valence-electron chi connectivity index (χ1n) is 18.2. The van der Waals surface area contributed by atoms with Crippen molar-refractivity contribution >= 4 is 41.1 Å². The summed E-state index contributed by atoms with van der Waals surface area (Å²) < 4.78 is 23.3. The largest absolute Gasteiger partial charge is 0.449 e. The first kappa shape index (κ1) is 39.3. The highest BCUT2D eigenvalue weighted by atomic mass is 16.5.